The van der Waals surface area contributed by atoms with Crippen LogP contribution in [-0.4, -0.2) is 63.4 Å². The van der Waals surface area contributed by atoms with Gasteiger partial charge in [0.2, 0.25) is 0 Å². The Labute approximate surface area is 239 Å². The molecule has 2 N–H and O–H groups in total. The van der Waals surface area contributed by atoms with Crippen LogP contribution in [0.25, 0.3) is 10.6 Å². The van der Waals surface area contributed by atoms with Crippen molar-refractivity contribution in [1.82, 2.24) is 19.8 Å². The van der Waals surface area contributed by atoms with Gasteiger partial charge in [-0.15, -0.1) is 22.7 Å². The molecule has 0 saturated carbocycles. The van der Waals surface area contributed by atoms with Gasteiger partial charge in [0, 0.05) is 35.7 Å². The number of halogens is 1. The normalized spacial score (nSPS) is 17.1. The van der Waals surface area contributed by atoms with Crippen LogP contribution in [0.1, 0.15) is 51.3 Å². The Balaban J connectivity index is 1.27. The van der Waals surface area contributed by atoms with E-state index < -0.39 is 17.8 Å². The predicted molar refractivity (Wildman–Crippen MR) is 153 cm³/mol. The lowest BCUT2D eigenvalue weighted by atomic mass is 9.89. The highest BCUT2D eigenvalue weighted by Gasteiger charge is 2.39. The monoisotopic (exact) mass is 577 g/mol. The van der Waals surface area contributed by atoms with E-state index in [1.54, 1.807) is 11.6 Å². The van der Waals surface area contributed by atoms with Crippen LogP contribution < -0.4 is 5.32 Å². The molecule has 206 valence electrons. The molecule has 0 radical (unpaired) electrons. The lowest BCUT2D eigenvalue weighted by molar-refractivity contribution is -0.120. The van der Waals surface area contributed by atoms with E-state index in [0.717, 1.165) is 48.6 Å². The summed E-state index contributed by atoms with van der Waals surface area (Å²) < 4.78 is 14.2. The van der Waals surface area contributed by atoms with Gasteiger partial charge in [-0.25, -0.2) is 14.4 Å². The van der Waals surface area contributed by atoms with E-state index >= 15 is 0 Å². The molecular weight excluding hydrogens is 549 g/mol. The molecule has 2 aromatic heterocycles. The standard InChI is InChI=1S/C29H28FN5O3S2/c1-34-12-8-18(9-13-34)17-2-4-19(5-3-17)27-32-22-10-14-35(28(38)25(22)40-27)24(21-16-20(30)6-7-23(21)36)26(37)33-29-31-11-15-39-29/h2-7,11,15-16,18,24,36H,8-10,12-14H2,1H3,(H,31,33,37). The minimum atomic E-state index is -1.25. The van der Waals surface area contributed by atoms with E-state index in [0.29, 0.717) is 28.0 Å². The number of phenols is 1. The van der Waals surface area contributed by atoms with Gasteiger partial charge in [-0.2, -0.15) is 0 Å². The molecule has 0 aliphatic carbocycles. The Morgan fingerprint density at radius 1 is 1.15 bits per heavy atom. The molecule has 1 fully saturated rings. The average molecular weight is 578 g/mol. The van der Waals surface area contributed by atoms with Crippen molar-refractivity contribution in [3.8, 4) is 16.3 Å². The largest absolute Gasteiger partial charge is 0.508 e. The number of carbonyl (C=O) groups excluding carboxylic acids is 2. The van der Waals surface area contributed by atoms with E-state index in [4.69, 9.17) is 4.98 Å². The van der Waals surface area contributed by atoms with Crippen molar-refractivity contribution in [3.05, 3.63) is 81.6 Å². The van der Waals surface area contributed by atoms with Gasteiger partial charge in [-0.3, -0.25) is 14.9 Å². The van der Waals surface area contributed by atoms with Crippen molar-refractivity contribution < 1.29 is 19.1 Å². The zero-order valence-corrected chi connectivity index (χ0v) is 23.5. The number of hydrogen-bond donors (Lipinski definition) is 2. The van der Waals surface area contributed by atoms with Gasteiger partial charge in [-0.05, 0) is 62.7 Å². The molecule has 4 heterocycles. The van der Waals surface area contributed by atoms with E-state index in [-0.39, 0.29) is 23.8 Å². The molecule has 11 heteroatoms. The molecule has 0 spiro atoms. The molecule has 2 aliphatic rings. The first-order chi connectivity index (χ1) is 19.4. The minimum Gasteiger partial charge on any atom is -0.508 e. The van der Waals surface area contributed by atoms with Crippen LogP contribution >= 0.6 is 22.7 Å². The number of piperidine rings is 1. The number of rotatable bonds is 6. The summed E-state index contributed by atoms with van der Waals surface area (Å²) in [7, 11) is 2.16. The number of aromatic hydroxyl groups is 1. The van der Waals surface area contributed by atoms with E-state index in [1.165, 1.54) is 39.2 Å². The van der Waals surface area contributed by atoms with Gasteiger partial charge in [0.1, 0.15) is 27.5 Å². The summed E-state index contributed by atoms with van der Waals surface area (Å²) in [6.45, 7) is 2.39. The van der Waals surface area contributed by atoms with Crippen molar-refractivity contribution in [3.63, 3.8) is 0 Å². The van der Waals surface area contributed by atoms with Gasteiger partial charge in [0.25, 0.3) is 11.8 Å². The van der Waals surface area contributed by atoms with Crippen LogP contribution in [0.4, 0.5) is 9.52 Å². The third-order valence-corrected chi connectivity index (χ3v) is 9.42. The Kier molecular flexibility index (Phi) is 7.35. The van der Waals surface area contributed by atoms with Gasteiger partial charge < -0.3 is 14.9 Å². The maximum Gasteiger partial charge on any atom is 0.266 e. The first kappa shape index (κ1) is 26.5. The summed E-state index contributed by atoms with van der Waals surface area (Å²) in [5.74, 6) is -1.29. The number of amides is 2. The summed E-state index contributed by atoms with van der Waals surface area (Å²) in [5, 5.41) is 16.1. The number of benzene rings is 2. The smallest absolute Gasteiger partial charge is 0.266 e. The fourth-order valence-electron chi connectivity index (χ4n) is 5.41. The number of aromatic nitrogens is 2. The summed E-state index contributed by atoms with van der Waals surface area (Å²) >= 11 is 2.52. The topological polar surface area (TPSA) is 98.7 Å². The molecular formula is C29H28FN5O3S2. The predicted octanol–water partition coefficient (Wildman–Crippen LogP) is 5.30. The summed E-state index contributed by atoms with van der Waals surface area (Å²) in [4.78, 5) is 40.3. The lowest BCUT2D eigenvalue weighted by Crippen LogP contribution is -2.44. The Hall–Kier alpha value is -3.67. The van der Waals surface area contributed by atoms with Crippen molar-refractivity contribution >= 4 is 39.6 Å². The highest BCUT2D eigenvalue weighted by atomic mass is 32.1. The van der Waals surface area contributed by atoms with Crippen LogP contribution in [0.5, 0.6) is 5.75 Å². The average Bonchev–Trinajstić information content (AvgIpc) is 3.63. The van der Waals surface area contributed by atoms with Gasteiger partial charge >= 0.3 is 0 Å². The summed E-state index contributed by atoms with van der Waals surface area (Å²) in [5.41, 5.74) is 2.96. The molecule has 8 nitrogen and oxygen atoms in total. The number of anilines is 1. The first-order valence-corrected chi connectivity index (χ1v) is 14.9. The number of nitrogens with zero attached hydrogens (tertiary/aromatic N) is 4. The van der Waals surface area contributed by atoms with Gasteiger partial charge in [0.15, 0.2) is 5.13 Å². The fraction of sp³-hybridized carbons (Fsp3) is 0.310. The van der Waals surface area contributed by atoms with Crippen molar-refractivity contribution in [2.24, 2.45) is 0 Å². The second-order valence-electron chi connectivity index (χ2n) is 10.2. The van der Waals surface area contributed by atoms with Crippen molar-refractivity contribution in [1.29, 1.82) is 0 Å². The highest BCUT2D eigenvalue weighted by Crippen LogP contribution is 2.38. The SMILES string of the molecule is CN1CCC(c2ccc(-c3nc4c(s3)C(=O)N(C(C(=O)Nc3nccs3)c3cc(F)ccc3O)CC4)cc2)CC1. The zero-order valence-electron chi connectivity index (χ0n) is 21.8. The van der Waals surface area contributed by atoms with E-state index in [9.17, 15) is 19.1 Å². The maximum absolute atomic E-state index is 14.2. The summed E-state index contributed by atoms with van der Waals surface area (Å²) in [6, 6.07) is 10.6. The zero-order chi connectivity index (χ0) is 27.8. The number of carbonyl (C=O) groups is 2. The Morgan fingerprint density at radius 3 is 2.65 bits per heavy atom. The highest BCUT2D eigenvalue weighted by molar-refractivity contribution is 7.17. The minimum absolute atomic E-state index is 0.0140. The van der Waals surface area contributed by atoms with E-state index in [1.807, 2.05) is 0 Å². The molecule has 1 atom stereocenters. The molecule has 1 unspecified atom stereocenters. The van der Waals surface area contributed by atoms with Gasteiger partial charge in [-0.1, -0.05) is 24.3 Å². The second-order valence-corrected chi connectivity index (χ2v) is 12.1. The number of fused-ring (bicyclic) bond motifs is 1. The van der Waals surface area contributed by atoms with Crippen LogP contribution in [0.3, 0.4) is 0 Å². The van der Waals surface area contributed by atoms with Crippen LogP contribution in [0.15, 0.2) is 54.0 Å². The molecule has 4 aromatic rings. The Morgan fingerprint density at radius 2 is 1.93 bits per heavy atom. The second kappa shape index (κ2) is 11.1. The Bertz CT molecular complexity index is 1530. The van der Waals surface area contributed by atoms with Crippen molar-refractivity contribution in [2.45, 2.75) is 31.2 Å². The molecule has 2 aliphatic heterocycles. The quantitative estimate of drug-likeness (QED) is 0.323. The van der Waals surface area contributed by atoms with Crippen molar-refractivity contribution in [2.75, 3.05) is 32.0 Å². The third-order valence-electron chi connectivity index (χ3n) is 7.60. The molecule has 0 bridgehead atoms. The molecule has 2 aromatic carbocycles. The molecule has 1 saturated heterocycles. The maximum atomic E-state index is 14.2. The number of thiazole rings is 2. The summed E-state index contributed by atoms with van der Waals surface area (Å²) in [6.07, 6.45) is 4.27. The third kappa shape index (κ3) is 5.24. The molecule has 40 heavy (non-hydrogen) atoms. The van der Waals surface area contributed by atoms with E-state index in [2.05, 4.69) is 46.5 Å². The number of phenolic OH excluding ortho intramolecular Hbond substituents is 1. The van der Waals surface area contributed by atoms with Crippen LogP contribution in [-0.2, 0) is 11.2 Å². The molecule has 6 rings (SSSR count). The van der Waals surface area contributed by atoms with Crippen LogP contribution in [0, 0.1) is 5.82 Å². The molecule has 2 amide bonds. The fourth-order valence-corrected chi connectivity index (χ4v) is 7.02. The number of hydrogen-bond acceptors (Lipinski definition) is 8. The number of likely N-dealkylation sites (tertiary alicyclic amines) is 1. The first-order valence-electron chi connectivity index (χ1n) is 13.2. The lowest BCUT2D eigenvalue weighted by Gasteiger charge is -2.33. The van der Waals surface area contributed by atoms with Crippen LogP contribution in [0.2, 0.25) is 0 Å². The van der Waals surface area contributed by atoms with Gasteiger partial charge in [0.05, 0.1) is 5.69 Å². The number of nitrogens with one attached hydrogen (secondary N) is 1.